The summed E-state index contributed by atoms with van der Waals surface area (Å²) in [5.41, 5.74) is 2.30. The first kappa shape index (κ1) is 16.4. The number of esters is 1. The van der Waals surface area contributed by atoms with Gasteiger partial charge in [-0.3, -0.25) is 4.79 Å². The minimum absolute atomic E-state index is 0.0713. The first-order chi connectivity index (χ1) is 9.69. The molecule has 0 aliphatic rings. The van der Waals surface area contributed by atoms with Crippen LogP contribution in [-0.2, 0) is 27.5 Å². The van der Waals surface area contributed by atoms with Gasteiger partial charge in [-0.2, -0.15) is 0 Å². The SMILES string of the molecule is COC(=O)CCOCCNc1cc(CO)cc(CO)c1. The number of hydrogen-bond acceptors (Lipinski definition) is 6. The predicted molar refractivity (Wildman–Crippen MR) is 74.2 cm³/mol. The van der Waals surface area contributed by atoms with Gasteiger partial charge in [-0.15, -0.1) is 0 Å². The second kappa shape index (κ2) is 9.30. The fourth-order valence-corrected chi connectivity index (χ4v) is 1.67. The number of aliphatic hydroxyl groups excluding tert-OH is 2. The van der Waals surface area contributed by atoms with Gasteiger partial charge < -0.3 is 25.0 Å². The van der Waals surface area contributed by atoms with Gasteiger partial charge in [0.25, 0.3) is 0 Å². The highest BCUT2D eigenvalue weighted by atomic mass is 16.5. The lowest BCUT2D eigenvalue weighted by molar-refractivity contribution is -0.141. The van der Waals surface area contributed by atoms with E-state index in [1.807, 2.05) is 12.1 Å². The Hall–Kier alpha value is -1.63. The fraction of sp³-hybridized carbons (Fsp3) is 0.500. The molecule has 20 heavy (non-hydrogen) atoms. The summed E-state index contributed by atoms with van der Waals surface area (Å²) in [5.74, 6) is -0.291. The van der Waals surface area contributed by atoms with Crippen molar-refractivity contribution in [3.63, 3.8) is 0 Å². The van der Waals surface area contributed by atoms with E-state index >= 15 is 0 Å². The third-order valence-electron chi connectivity index (χ3n) is 2.67. The van der Waals surface area contributed by atoms with Crippen LogP contribution in [0.1, 0.15) is 17.5 Å². The van der Waals surface area contributed by atoms with Crippen molar-refractivity contribution < 1.29 is 24.5 Å². The molecule has 0 saturated carbocycles. The molecule has 0 aliphatic heterocycles. The zero-order chi connectivity index (χ0) is 14.8. The monoisotopic (exact) mass is 283 g/mol. The van der Waals surface area contributed by atoms with Crippen molar-refractivity contribution in [3.05, 3.63) is 29.3 Å². The van der Waals surface area contributed by atoms with Gasteiger partial charge in [-0.1, -0.05) is 6.07 Å². The van der Waals surface area contributed by atoms with Gasteiger partial charge in [0.1, 0.15) is 0 Å². The molecule has 0 spiro atoms. The summed E-state index contributed by atoms with van der Waals surface area (Å²) in [6, 6.07) is 5.37. The van der Waals surface area contributed by atoms with Crippen LogP contribution in [0.2, 0.25) is 0 Å². The molecule has 0 unspecified atom stereocenters. The van der Waals surface area contributed by atoms with Gasteiger partial charge in [0.2, 0.25) is 0 Å². The molecular weight excluding hydrogens is 262 g/mol. The van der Waals surface area contributed by atoms with Crippen molar-refractivity contribution in [2.45, 2.75) is 19.6 Å². The number of aliphatic hydroxyl groups is 2. The molecule has 0 radical (unpaired) electrons. The van der Waals surface area contributed by atoms with Gasteiger partial charge in [-0.05, 0) is 23.3 Å². The molecule has 3 N–H and O–H groups in total. The summed E-state index contributed by atoms with van der Waals surface area (Å²) in [4.78, 5) is 10.8. The van der Waals surface area contributed by atoms with E-state index in [9.17, 15) is 4.79 Å². The normalized spacial score (nSPS) is 10.3. The highest BCUT2D eigenvalue weighted by Crippen LogP contribution is 2.15. The molecule has 1 aromatic carbocycles. The second-order valence-corrected chi connectivity index (χ2v) is 4.22. The third-order valence-corrected chi connectivity index (χ3v) is 2.67. The van der Waals surface area contributed by atoms with E-state index in [0.29, 0.717) is 19.8 Å². The Morgan fingerprint density at radius 1 is 1.15 bits per heavy atom. The van der Waals surface area contributed by atoms with E-state index in [1.54, 1.807) is 6.07 Å². The van der Waals surface area contributed by atoms with E-state index in [2.05, 4.69) is 10.1 Å². The van der Waals surface area contributed by atoms with Crippen molar-refractivity contribution in [1.82, 2.24) is 0 Å². The maximum atomic E-state index is 10.8. The van der Waals surface area contributed by atoms with Crippen LogP contribution in [0.4, 0.5) is 5.69 Å². The lowest BCUT2D eigenvalue weighted by atomic mass is 10.1. The zero-order valence-electron chi connectivity index (χ0n) is 11.6. The van der Waals surface area contributed by atoms with Crippen LogP contribution >= 0.6 is 0 Å². The van der Waals surface area contributed by atoms with Crippen LogP contribution in [0.3, 0.4) is 0 Å². The molecular formula is C14H21NO5. The van der Waals surface area contributed by atoms with E-state index in [4.69, 9.17) is 14.9 Å². The summed E-state index contributed by atoms with van der Waals surface area (Å²) in [5, 5.41) is 21.4. The molecule has 0 aliphatic carbocycles. The van der Waals surface area contributed by atoms with Gasteiger partial charge in [-0.25, -0.2) is 0 Å². The Morgan fingerprint density at radius 3 is 2.35 bits per heavy atom. The number of hydrogen-bond donors (Lipinski definition) is 3. The molecule has 0 fully saturated rings. The van der Waals surface area contributed by atoms with Gasteiger partial charge >= 0.3 is 5.97 Å². The molecule has 112 valence electrons. The Bertz CT molecular complexity index is 400. The Balaban J connectivity index is 2.29. The molecule has 0 atom stereocenters. The fourth-order valence-electron chi connectivity index (χ4n) is 1.67. The minimum atomic E-state index is -0.291. The highest BCUT2D eigenvalue weighted by molar-refractivity contribution is 5.69. The summed E-state index contributed by atoms with van der Waals surface area (Å²) in [7, 11) is 1.34. The topological polar surface area (TPSA) is 88.0 Å². The molecule has 1 rings (SSSR count). The van der Waals surface area contributed by atoms with Crippen molar-refractivity contribution in [3.8, 4) is 0 Å². The largest absolute Gasteiger partial charge is 0.469 e. The molecule has 6 nitrogen and oxygen atoms in total. The number of rotatable bonds is 9. The molecule has 6 heteroatoms. The van der Waals surface area contributed by atoms with Crippen LogP contribution in [0, 0.1) is 0 Å². The number of anilines is 1. The first-order valence-corrected chi connectivity index (χ1v) is 6.42. The van der Waals surface area contributed by atoms with Gasteiger partial charge in [0.15, 0.2) is 0 Å². The second-order valence-electron chi connectivity index (χ2n) is 4.22. The summed E-state index contributed by atoms with van der Waals surface area (Å²) in [6.07, 6.45) is 0.241. The Kier molecular flexibility index (Phi) is 7.64. The van der Waals surface area contributed by atoms with Crippen LogP contribution in [0.5, 0.6) is 0 Å². The lowest BCUT2D eigenvalue weighted by Gasteiger charge is -2.10. The number of ether oxygens (including phenoxy) is 2. The van der Waals surface area contributed by atoms with Crippen LogP contribution in [0.25, 0.3) is 0 Å². The molecule has 1 aromatic rings. The molecule has 0 amide bonds. The average molecular weight is 283 g/mol. The average Bonchev–Trinajstić information content (AvgIpc) is 2.49. The number of methoxy groups -OCH3 is 1. The van der Waals surface area contributed by atoms with Crippen LogP contribution < -0.4 is 5.32 Å². The zero-order valence-corrected chi connectivity index (χ0v) is 11.6. The number of nitrogens with one attached hydrogen (secondary N) is 1. The molecule has 0 heterocycles. The van der Waals surface area contributed by atoms with E-state index in [-0.39, 0.29) is 25.6 Å². The Morgan fingerprint density at radius 2 is 1.80 bits per heavy atom. The van der Waals surface area contributed by atoms with E-state index in [0.717, 1.165) is 16.8 Å². The summed E-state index contributed by atoms with van der Waals surface area (Å²) >= 11 is 0. The van der Waals surface area contributed by atoms with Crippen LogP contribution in [0.15, 0.2) is 18.2 Å². The third kappa shape index (κ3) is 6.01. The number of carbonyl (C=O) groups is 1. The van der Waals surface area contributed by atoms with Gasteiger partial charge in [0.05, 0.1) is 40.0 Å². The Labute approximate surface area is 118 Å². The van der Waals surface area contributed by atoms with E-state index < -0.39 is 0 Å². The first-order valence-electron chi connectivity index (χ1n) is 6.42. The predicted octanol–water partition coefficient (Wildman–Crippen LogP) is 0.663. The van der Waals surface area contributed by atoms with E-state index in [1.165, 1.54) is 7.11 Å². The number of carbonyl (C=O) groups excluding carboxylic acids is 1. The summed E-state index contributed by atoms with van der Waals surface area (Å²) < 4.78 is 9.77. The lowest BCUT2D eigenvalue weighted by Crippen LogP contribution is -2.12. The molecule has 0 aromatic heterocycles. The van der Waals surface area contributed by atoms with Crippen molar-refractivity contribution in [2.75, 3.05) is 32.2 Å². The maximum Gasteiger partial charge on any atom is 0.307 e. The minimum Gasteiger partial charge on any atom is -0.469 e. The van der Waals surface area contributed by atoms with Crippen molar-refractivity contribution in [2.24, 2.45) is 0 Å². The van der Waals surface area contributed by atoms with Crippen molar-refractivity contribution in [1.29, 1.82) is 0 Å². The maximum absolute atomic E-state index is 10.8. The van der Waals surface area contributed by atoms with Gasteiger partial charge in [0, 0.05) is 12.2 Å². The smallest absolute Gasteiger partial charge is 0.307 e. The number of benzene rings is 1. The molecule has 0 bridgehead atoms. The van der Waals surface area contributed by atoms with Crippen molar-refractivity contribution >= 4 is 11.7 Å². The van der Waals surface area contributed by atoms with Crippen LogP contribution in [-0.4, -0.2) is 43.1 Å². The standard InChI is InChI=1S/C14H21NO5/c1-19-14(18)2-4-20-5-3-15-13-7-11(9-16)6-12(8-13)10-17/h6-8,15-17H,2-5,9-10H2,1H3. The summed E-state index contributed by atoms with van der Waals surface area (Å²) in [6.45, 7) is 1.21. The highest BCUT2D eigenvalue weighted by Gasteiger charge is 2.01. The molecule has 0 saturated heterocycles. The quantitative estimate of drug-likeness (QED) is 0.456.